The summed E-state index contributed by atoms with van der Waals surface area (Å²) in [4.78, 5) is 29.0. The lowest BCUT2D eigenvalue weighted by atomic mass is 10.1. The summed E-state index contributed by atoms with van der Waals surface area (Å²) in [6.07, 6.45) is 1.10. The van der Waals surface area contributed by atoms with E-state index in [2.05, 4.69) is 5.32 Å². The summed E-state index contributed by atoms with van der Waals surface area (Å²) in [5, 5.41) is 3.37. The summed E-state index contributed by atoms with van der Waals surface area (Å²) < 4.78 is 29.0. The number of amides is 2. The van der Waals surface area contributed by atoms with Crippen molar-refractivity contribution in [3.63, 3.8) is 0 Å². The lowest BCUT2D eigenvalue weighted by Crippen LogP contribution is -2.53. The van der Waals surface area contributed by atoms with Crippen LogP contribution in [0.2, 0.25) is 5.02 Å². The molecule has 0 radical (unpaired) electrons. The largest absolute Gasteiger partial charge is 0.352 e. The predicted molar refractivity (Wildman–Crippen MR) is 161 cm³/mol. The van der Waals surface area contributed by atoms with Gasteiger partial charge in [0.05, 0.1) is 10.6 Å². The molecule has 0 aliphatic rings. The van der Waals surface area contributed by atoms with E-state index in [0.29, 0.717) is 22.7 Å². The molecule has 214 valence electrons. The van der Waals surface area contributed by atoms with Crippen LogP contribution in [0.1, 0.15) is 50.3 Å². The summed E-state index contributed by atoms with van der Waals surface area (Å²) in [6.45, 7) is 9.06. The summed E-state index contributed by atoms with van der Waals surface area (Å²) in [6, 6.07) is 19.8. The van der Waals surface area contributed by atoms with Gasteiger partial charge in [0.15, 0.2) is 0 Å². The highest BCUT2D eigenvalue weighted by Crippen LogP contribution is 2.31. The third kappa shape index (κ3) is 7.43. The summed E-state index contributed by atoms with van der Waals surface area (Å²) >= 11 is 6.38. The zero-order chi connectivity index (χ0) is 29.4. The van der Waals surface area contributed by atoms with Crippen LogP contribution in [0.5, 0.6) is 0 Å². The fraction of sp³-hybridized carbons (Fsp3) is 0.355. The van der Waals surface area contributed by atoms with Gasteiger partial charge in [-0.2, -0.15) is 0 Å². The number of hydrogen-bond acceptors (Lipinski definition) is 4. The van der Waals surface area contributed by atoms with Crippen molar-refractivity contribution in [2.24, 2.45) is 0 Å². The molecule has 3 aromatic rings. The minimum atomic E-state index is -4.15. The Labute approximate surface area is 243 Å². The first kappa shape index (κ1) is 31.2. The molecule has 0 aliphatic heterocycles. The third-order valence-electron chi connectivity index (χ3n) is 6.98. The number of hydrogen-bond donors (Lipinski definition) is 1. The molecule has 0 aliphatic carbocycles. The lowest BCUT2D eigenvalue weighted by Gasteiger charge is -2.34. The normalized spacial score (nSPS) is 12.8. The molecule has 1 N–H and O–H groups in total. The van der Waals surface area contributed by atoms with Gasteiger partial charge < -0.3 is 10.2 Å². The van der Waals surface area contributed by atoms with Gasteiger partial charge in [0.2, 0.25) is 11.8 Å². The first-order chi connectivity index (χ1) is 19.0. The van der Waals surface area contributed by atoms with Crippen molar-refractivity contribution >= 4 is 39.1 Å². The molecule has 3 rings (SSSR count). The number of halogens is 1. The molecule has 0 saturated heterocycles. The number of nitrogens with zero attached hydrogens (tertiary/aromatic N) is 2. The molecule has 0 saturated carbocycles. The molecule has 9 heteroatoms. The molecule has 0 fully saturated rings. The van der Waals surface area contributed by atoms with Crippen LogP contribution >= 0.6 is 11.6 Å². The van der Waals surface area contributed by atoms with E-state index in [0.717, 1.165) is 21.9 Å². The van der Waals surface area contributed by atoms with E-state index in [1.54, 1.807) is 43.3 Å². The monoisotopic (exact) mass is 583 g/mol. The molecule has 0 unspecified atom stereocenters. The molecule has 2 amide bonds. The number of anilines is 1. The van der Waals surface area contributed by atoms with Crippen LogP contribution in [0.4, 0.5) is 5.69 Å². The maximum Gasteiger partial charge on any atom is 0.264 e. The Balaban J connectivity index is 2.08. The van der Waals surface area contributed by atoms with Gasteiger partial charge in [-0.25, -0.2) is 8.42 Å². The Morgan fingerprint density at radius 2 is 1.55 bits per heavy atom. The number of aryl methyl sites for hydroxylation is 1. The Morgan fingerprint density at radius 3 is 2.15 bits per heavy atom. The van der Waals surface area contributed by atoms with Gasteiger partial charge in [-0.15, -0.1) is 0 Å². The van der Waals surface area contributed by atoms with Crippen molar-refractivity contribution in [1.29, 1.82) is 0 Å². The highest BCUT2D eigenvalue weighted by Gasteiger charge is 2.34. The SMILES string of the molecule is CC[C@H](C)NC(=O)[C@H](CC)N(Cc1ccc(C)cc1)C(=O)CN(c1cccc(Cl)c1C)S(=O)(=O)c1ccccc1. The molecule has 3 aromatic carbocycles. The fourth-order valence-corrected chi connectivity index (χ4v) is 6.01. The van der Waals surface area contributed by atoms with Crippen LogP contribution in [0, 0.1) is 13.8 Å². The highest BCUT2D eigenvalue weighted by atomic mass is 35.5. The van der Waals surface area contributed by atoms with Crippen LogP contribution in [0.3, 0.4) is 0 Å². The van der Waals surface area contributed by atoms with Crippen LogP contribution in [-0.2, 0) is 26.2 Å². The first-order valence-electron chi connectivity index (χ1n) is 13.5. The van der Waals surface area contributed by atoms with Crippen LogP contribution in [0.25, 0.3) is 0 Å². The van der Waals surface area contributed by atoms with Gasteiger partial charge in [-0.05, 0) is 69.0 Å². The molecular weight excluding hydrogens is 546 g/mol. The van der Waals surface area contributed by atoms with E-state index in [1.165, 1.54) is 17.0 Å². The molecular formula is C31H38ClN3O4S. The van der Waals surface area contributed by atoms with E-state index in [-0.39, 0.29) is 23.4 Å². The van der Waals surface area contributed by atoms with Gasteiger partial charge in [0.1, 0.15) is 12.6 Å². The van der Waals surface area contributed by atoms with E-state index in [4.69, 9.17) is 11.6 Å². The number of carbonyl (C=O) groups excluding carboxylic acids is 2. The van der Waals surface area contributed by atoms with Gasteiger partial charge >= 0.3 is 0 Å². The van der Waals surface area contributed by atoms with Crippen molar-refractivity contribution in [1.82, 2.24) is 10.2 Å². The van der Waals surface area contributed by atoms with Gasteiger partial charge in [0, 0.05) is 17.6 Å². The molecule has 40 heavy (non-hydrogen) atoms. The van der Waals surface area contributed by atoms with E-state index in [1.807, 2.05) is 52.0 Å². The Bertz CT molecular complexity index is 1410. The number of sulfonamides is 1. The van der Waals surface area contributed by atoms with Crippen LogP contribution in [0.15, 0.2) is 77.7 Å². The fourth-order valence-electron chi connectivity index (χ4n) is 4.35. The van der Waals surface area contributed by atoms with Crippen molar-refractivity contribution < 1.29 is 18.0 Å². The topological polar surface area (TPSA) is 86.8 Å². The summed E-state index contributed by atoms with van der Waals surface area (Å²) in [5.41, 5.74) is 2.74. The number of rotatable bonds is 12. The average Bonchev–Trinajstić information content (AvgIpc) is 2.94. The van der Waals surface area contributed by atoms with Gasteiger partial charge in [-0.1, -0.05) is 79.5 Å². The molecule has 7 nitrogen and oxygen atoms in total. The summed E-state index contributed by atoms with van der Waals surface area (Å²) in [5.74, 6) is -0.765. The van der Waals surface area contributed by atoms with Crippen molar-refractivity contribution in [2.45, 2.75) is 71.0 Å². The van der Waals surface area contributed by atoms with Gasteiger partial charge in [0.25, 0.3) is 10.0 Å². The quantitative estimate of drug-likeness (QED) is 0.289. The molecule has 0 spiro atoms. The first-order valence-corrected chi connectivity index (χ1v) is 15.3. The van der Waals surface area contributed by atoms with E-state index in [9.17, 15) is 18.0 Å². The Kier molecular flexibility index (Phi) is 10.8. The zero-order valence-electron chi connectivity index (χ0n) is 23.7. The molecule has 0 heterocycles. The van der Waals surface area contributed by atoms with Crippen molar-refractivity contribution in [2.75, 3.05) is 10.8 Å². The lowest BCUT2D eigenvalue weighted by molar-refractivity contribution is -0.140. The van der Waals surface area contributed by atoms with Crippen LogP contribution < -0.4 is 9.62 Å². The van der Waals surface area contributed by atoms with E-state index >= 15 is 0 Å². The third-order valence-corrected chi connectivity index (χ3v) is 9.16. The second kappa shape index (κ2) is 13.8. The standard InChI is InChI=1S/C31H38ClN3O4S/c1-6-23(4)33-31(37)28(7-2)34(20-25-18-16-22(3)17-19-25)30(36)21-35(29-15-11-14-27(32)24(29)5)40(38,39)26-12-9-8-10-13-26/h8-19,23,28H,6-7,20-21H2,1-5H3,(H,33,37)/t23-,28-/m0/s1. The second-order valence-electron chi connectivity index (χ2n) is 9.96. The number of nitrogens with one attached hydrogen (secondary N) is 1. The second-order valence-corrected chi connectivity index (χ2v) is 12.2. The smallest absolute Gasteiger partial charge is 0.264 e. The van der Waals surface area contributed by atoms with Crippen LogP contribution in [-0.4, -0.2) is 43.8 Å². The predicted octanol–water partition coefficient (Wildman–Crippen LogP) is 5.87. The minimum Gasteiger partial charge on any atom is -0.352 e. The maximum atomic E-state index is 14.1. The number of carbonyl (C=O) groups is 2. The maximum absolute atomic E-state index is 14.1. The zero-order valence-corrected chi connectivity index (χ0v) is 25.3. The number of benzene rings is 3. The van der Waals surface area contributed by atoms with Gasteiger partial charge in [-0.3, -0.25) is 13.9 Å². The highest BCUT2D eigenvalue weighted by molar-refractivity contribution is 7.92. The minimum absolute atomic E-state index is 0.0498. The van der Waals surface area contributed by atoms with Crippen molar-refractivity contribution in [3.8, 4) is 0 Å². The van der Waals surface area contributed by atoms with E-state index < -0.39 is 28.5 Å². The summed E-state index contributed by atoms with van der Waals surface area (Å²) in [7, 11) is -4.15. The van der Waals surface area contributed by atoms with Crippen molar-refractivity contribution in [3.05, 3.63) is 94.5 Å². The molecule has 0 bridgehead atoms. The average molecular weight is 584 g/mol. The molecule has 0 aromatic heterocycles. The Morgan fingerprint density at radius 1 is 0.900 bits per heavy atom. The Hall–Kier alpha value is -3.36. The molecule has 2 atom stereocenters.